The van der Waals surface area contributed by atoms with Gasteiger partial charge in [-0.1, -0.05) is 28.1 Å². The summed E-state index contributed by atoms with van der Waals surface area (Å²) >= 11 is 3.12. The SMILES string of the molecule is N#Cc1ccccc1NC(=O)c1cc(F)cc(Br)c1. The smallest absolute Gasteiger partial charge is 0.255 e. The van der Waals surface area contributed by atoms with E-state index in [0.29, 0.717) is 15.7 Å². The van der Waals surface area contributed by atoms with E-state index in [4.69, 9.17) is 5.26 Å². The van der Waals surface area contributed by atoms with Crippen LogP contribution in [0.25, 0.3) is 0 Å². The first kappa shape index (κ1) is 13.2. The van der Waals surface area contributed by atoms with Crippen molar-refractivity contribution < 1.29 is 9.18 Å². The molecule has 94 valence electrons. The van der Waals surface area contributed by atoms with Crippen LogP contribution in [0.5, 0.6) is 0 Å². The Morgan fingerprint density at radius 1 is 1.26 bits per heavy atom. The third kappa shape index (κ3) is 3.18. The zero-order valence-corrected chi connectivity index (χ0v) is 11.2. The Labute approximate surface area is 117 Å². The number of para-hydroxylation sites is 1. The first-order valence-corrected chi connectivity index (χ1v) is 6.16. The van der Waals surface area contributed by atoms with Crippen LogP contribution in [0.15, 0.2) is 46.9 Å². The third-order valence-corrected chi connectivity index (χ3v) is 2.88. The minimum absolute atomic E-state index is 0.180. The summed E-state index contributed by atoms with van der Waals surface area (Å²) in [5.41, 5.74) is 0.932. The quantitative estimate of drug-likeness (QED) is 0.917. The van der Waals surface area contributed by atoms with Crippen LogP contribution >= 0.6 is 15.9 Å². The molecule has 0 aliphatic heterocycles. The van der Waals surface area contributed by atoms with Gasteiger partial charge in [-0.15, -0.1) is 0 Å². The molecule has 19 heavy (non-hydrogen) atoms. The second-order valence-corrected chi connectivity index (χ2v) is 4.69. The van der Waals surface area contributed by atoms with E-state index >= 15 is 0 Å². The summed E-state index contributed by atoms with van der Waals surface area (Å²) in [7, 11) is 0. The lowest BCUT2D eigenvalue weighted by molar-refractivity contribution is 0.102. The zero-order chi connectivity index (χ0) is 13.8. The van der Waals surface area contributed by atoms with Gasteiger partial charge in [-0.2, -0.15) is 5.26 Å². The van der Waals surface area contributed by atoms with Crippen molar-refractivity contribution in [2.45, 2.75) is 0 Å². The van der Waals surface area contributed by atoms with Crippen molar-refractivity contribution in [2.75, 3.05) is 5.32 Å². The molecule has 0 aliphatic rings. The predicted molar refractivity (Wildman–Crippen MR) is 73.2 cm³/mol. The number of nitrogens with zero attached hydrogens (tertiary/aromatic N) is 1. The second kappa shape index (κ2) is 5.63. The molecule has 1 amide bonds. The maximum Gasteiger partial charge on any atom is 0.255 e. The maximum atomic E-state index is 13.2. The van der Waals surface area contributed by atoms with Crippen LogP contribution in [0.4, 0.5) is 10.1 Å². The fourth-order valence-electron chi connectivity index (χ4n) is 1.57. The van der Waals surface area contributed by atoms with E-state index in [1.807, 2.05) is 6.07 Å². The van der Waals surface area contributed by atoms with E-state index in [9.17, 15) is 9.18 Å². The number of hydrogen-bond donors (Lipinski definition) is 1. The number of nitriles is 1. The maximum absolute atomic E-state index is 13.2. The summed E-state index contributed by atoms with van der Waals surface area (Å²) in [5, 5.41) is 11.5. The lowest BCUT2D eigenvalue weighted by Crippen LogP contribution is -2.13. The van der Waals surface area contributed by atoms with Crippen molar-refractivity contribution in [1.82, 2.24) is 0 Å². The van der Waals surface area contributed by atoms with Gasteiger partial charge in [0.2, 0.25) is 0 Å². The summed E-state index contributed by atoms with van der Waals surface area (Å²) in [4.78, 5) is 12.0. The van der Waals surface area contributed by atoms with E-state index in [1.165, 1.54) is 12.1 Å². The molecule has 0 unspecified atom stereocenters. The average molecular weight is 319 g/mol. The van der Waals surface area contributed by atoms with Crippen LogP contribution < -0.4 is 5.32 Å². The minimum atomic E-state index is -0.506. The summed E-state index contributed by atoms with van der Waals surface area (Å²) in [6.07, 6.45) is 0. The van der Waals surface area contributed by atoms with Gasteiger partial charge in [-0.25, -0.2) is 4.39 Å². The molecule has 0 spiro atoms. The van der Waals surface area contributed by atoms with Gasteiger partial charge in [0.25, 0.3) is 5.91 Å². The standard InChI is InChI=1S/C14H8BrFN2O/c15-11-5-10(6-12(16)7-11)14(19)18-13-4-2-1-3-9(13)8-17/h1-7H,(H,18,19). The Kier molecular flexibility index (Phi) is 3.93. The zero-order valence-electron chi connectivity index (χ0n) is 9.65. The molecule has 0 bridgehead atoms. The molecular formula is C14H8BrFN2O. The van der Waals surface area contributed by atoms with Crippen molar-refractivity contribution in [3.05, 3.63) is 63.9 Å². The molecule has 0 aliphatic carbocycles. The highest BCUT2D eigenvalue weighted by atomic mass is 79.9. The number of rotatable bonds is 2. The molecule has 1 N–H and O–H groups in total. The van der Waals surface area contributed by atoms with Crippen molar-refractivity contribution in [3.63, 3.8) is 0 Å². The van der Waals surface area contributed by atoms with Gasteiger partial charge < -0.3 is 5.32 Å². The van der Waals surface area contributed by atoms with Gasteiger partial charge in [0.15, 0.2) is 0 Å². The highest BCUT2D eigenvalue weighted by molar-refractivity contribution is 9.10. The highest BCUT2D eigenvalue weighted by Gasteiger charge is 2.10. The fourth-order valence-corrected chi connectivity index (χ4v) is 2.03. The van der Waals surface area contributed by atoms with Crippen molar-refractivity contribution in [3.8, 4) is 6.07 Å². The number of hydrogen-bond acceptors (Lipinski definition) is 2. The number of amides is 1. The summed E-state index contributed by atoms with van der Waals surface area (Å²) < 4.78 is 13.7. The number of halogens is 2. The molecule has 0 heterocycles. The first-order valence-electron chi connectivity index (χ1n) is 5.37. The molecular weight excluding hydrogens is 311 g/mol. The third-order valence-electron chi connectivity index (χ3n) is 2.42. The number of nitrogens with one attached hydrogen (secondary N) is 1. The van der Waals surface area contributed by atoms with Crippen molar-refractivity contribution >= 4 is 27.5 Å². The van der Waals surface area contributed by atoms with Gasteiger partial charge >= 0.3 is 0 Å². The van der Waals surface area contributed by atoms with Crippen molar-refractivity contribution in [1.29, 1.82) is 5.26 Å². The predicted octanol–water partition coefficient (Wildman–Crippen LogP) is 3.71. The lowest BCUT2D eigenvalue weighted by Gasteiger charge is -2.07. The molecule has 2 aromatic carbocycles. The van der Waals surface area contributed by atoms with Gasteiger partial charge in [0.1, 0.15) is 11.9 Å². The van der Waals surface area contributed by atoms with Crippen LogP contribution in [-0.2, 0) is 0 Å². The lowest BCUT2D eigenvalue weighted by atomic mass is 10.1. The molecule has 0 saturated carbocycles. The molecule has 0 atom stereocenters. The molecule has 0 aromatic heterocycles. The molecule has 5 heteroatoms. The number of carbonyl (C=O) groups excluding carboxylic acids is 1. The molecule has 2 rings (SSSR count). The van der Waals surface area contributed by atoms with E-state index in [2.05, 4.69) is 21.2 Å². The van der Waals surface area contributed by atoms with Crippen molar-refractivity contribution in [2.24, 2.45) is 0 Å². The van der Waals surface area contributed by atoms with Crippen LogP contribution in [0, 0.1) is 17.1 Å². The Balaban J connectivity index is 2.29. The fraction of sp³-hybridized carbons (Fsp3) is 0. The van der Waals surface area contributed by atoms with E-state index in [-0.39, 0.29) is 5.56 Å². The Morgan fingerprint density at radius 3 is 2.68 bits per heavy atom. The number of anilines is 1. The molecule has 3 nitrogen and oxygen atoms in total. The van der Waals surface area contributed by atoms with E-state index in [0.717, 1.165) is 6.07 Å². The molecule has 0 radical (unpaired) electrons. The van der Waals surface area contributed by atoms with Gasteiger partial charge in [0, 0.05) is 10.0 Å². The summed E-state index contributed by atoms with van der Waals surface area (Å²) in [6.45, 7) is 0. The molecule has 0 fully saturated rings. The number of benzene rings is 2. The van der Waals surface area contributed by atoms with Crippen LogP contribution in [-0.4, -0.2) is 5.91 Å². The first-order chi connectivity index (χ1) is 9.10. The van der Waals surface area contributed by atoms with Crippen LogP contribution in [0.2, 0.25) is 0 Å². The summed E-state index contributed by atoms with van der Waals surface area (Å²) in [6, 6.07) is 12.5. The summed E-state index contributed by atoms with van der Waals surface area (Å²) in [5.74, 6) is -0.976. The Hall–Kier alpha value is -2.19. The highest BCUT2D eigenvalue weighted by Crippen LogP contribution is 2.18. The Morgan fingerprint density at radius 2 is 2.00 bits per heavy atom. The largest absolute Gasteiger partial charge is 0.321 e. The van der Waals surface area contributed by atoms with Gasteiger partial charge in [-0.3, -0.25) is 4.79 Å². The second-order valence-electron chi connectivity index (χ2n) is 3.77. The minimum Gasteiger partial charge on any atom is -0.321 e. The van der Waals surface area contributed by atoms with Gasteiger partial charge in [-0.05, 0) is 30.3 Å². The number of carbonyl (C=O) groups is 1. The van der Waals surface area contributed by atoms with Gasteiger partial charge in [0.05, 0.1) is 11.3 Å². The molecule has 0 saturated heterocycles. The monoisotopic (exact) mass is 318 g/mol. The van der Waals surface area contributed by atoms with Crippen LogP contribution in [0.1, 0.15) is 15.9 Å². The topological polar surface area (TPSA) is 52.9 Å². The Bertz CT molecular complexity index is 659. The average Bonchev–Trinajstić information content (AvgIpc) is 2.38. The van der Waals surface area contributed by atoms with E-state index < -0.39 is 11.7 Å². The molecule has 2 aromatic rings. The normalized spacial score (nSPS) is 9.74. The van der Waals surface area contributed by atoms with E-state index in [1.54, 1.807) is 24.3 Å². The van der Waals surface area contributed by atoms with Crippen LogP contribution in [0.3, 0.4) is 0 Å².